The zero-order valence-electron chi connectivity index (χ0n) is 13.2. The van der Waals surface area contributed by atoms with E-state index in [9.17, 15) is 4.79 Å². The predicted octanol–water partition coefficient (Wildman–Crippen LogP) is 1.81. The second-order valence-corrected chi connectivity index (χ2v) is 5.37. The standard InChI is InChI=1S/C16H15N5O4/c22-16(11-8-13(25-20-11)12-2-1-5-24-12)19-14-9-15(18-10-17-14)21-3-6-23-7-4-21/h1-2,5,8-10H,3-4,6-7H2,(H,17,18,19,22). The van der Waals surface area contributed by atoms with Crippen molar-refractivity contribution in [3.63, 3.8) is 0 Å². The molecule has 0 bridgehead atoms. The van der Waals surface area contributed by atoms with Gasteiger partial charge in [0.2, 0.25) is 5.76 Å². The van der Waals surface area contributed by atoms with Gasteiger partial charge in [-0.25, -0.2) is 9.97 Å². The van der Waals surface area contributed by atoms with Crippen molar-refractivity contribution in [1.29, 1.82) is 0 Å². The molecule has 4 heterocycles. The number of hydrogen-bond acceptors (Lipinski definition) is 8. The Balaban J connectivity index is 1.47. The van der Waals surface area contributed by atoms with Gasteiger partial charge in [-0.15, -0.1) is 0 Å². The number of hydrogen-bond donors (Lipinski definition) is 1. The van der Waals surface area contributed by atoms with E-state index in [2.05, 4.69) is 25.3 Å². The third kappa shape index (κ3) is 3.36. The molecule has 0 saturated carbocycles. The number of aromatic nitrogens is 3. The van der Waals surface area contributed by atoms with Crippen LogP contribution in [0, 0.1) is 0 Å². The molecule has 0 unspecified atom stereocenters. The number of carbonyl (C=O) groups is 1. The maximum atomic E-state index is 12.3. The van der Waals surface area contributed by atoms with Gasteiger partial charge in [0.15, 0.2) is 11.5 Å². The van der Waals surface area contributed by atoms with E-state index in [4.69, 9.17) is 13.7 Å². The van der Waals surface area contributed by atoms with Gasteiger partial charge in [0.05, 0.1) is 19.5 Å². The molecular formula is C16H15N5O4. The highest BCUT2D eigenvalue weighted by Gasteiger charge is 2.17. The van der Waals surface area contributed by atoms with Gasteiger partial charge in [-0.1, -0.05) is 5.16 Å². The first-order valence-corrected chi connectivity index (χ1v) is 7.76. The summed E-state index contributed by atoms with van der Waals surface area (Å²) in [5.74, 6) is 1.59. The molecule has 9 heteroatoms. The van der Waals surface area contributed by atoms with Crippen molar-refractivity contribution in [3.05, 3.63) is 42.5 Å². The molecule has 1 N–H and O–H groups in total. The van der Waals surface area contributed by atoms with Crippen LogP contribution in [0.25, 0.3) is 11.5 Å². The lowest BCUT2D eigenvalue weighted by Gasteiger charge is -2.27. The monoisotopic (exact) mass is 341 g/mol. The molecule has 4 rings (SSSR count). The number of nitrogens with one attached hydrogen (secondary N) is 1. The number of anilines is 2. The number of ether oxygens (including phenoxy) is 1. The third-order valence-electron chi connectivity index (χ3n) is 3.74. The molecule has 0 radical (unpaired) electrons. The number of furan rings is 1. The van der Waals surface area contributed by atoms with Crippen LogP contribution in [0.5, 0.6) is 0 Å². The first-order valence-electron chi connectivity index (χ1n) is 7.76. The molecule has 1 saturated heterocycles. The van der Waals surface area contributed by atoms with Gasteiger partial charge in [0.1, 0.15) is 18.0 Å². The number of rotatable bonds is 4. The molecule has 1 fully saturated rings. The van der Waals surface area contributed by atoms with Crippen LogP contribution in [-0.2, 0) is 4.74 Å². The number of amides is 1. The van der Waals surface area contributed by atoms with E-state index in [0.717, 1.165) is 18.9 Å². The lowest BCUT2D eigenvalue weighted by Crippen LogP contribution is -2.36. The third-order valence-corrected chi connectivity index (χ3v) is 3.74. The number of carbonyl (C=O) groups excluding carboxylic acids is 1. The van der Waals surface area contributed by atoms with Gasteiger partial charge < -0.3 is 23.9 Å². The van der Waals surface area contributed by atoms with Crippen LogP contribution in [0.15, 0.2) is 45.8 Å². The summed E-state index contributed by atoms with van der Waals surface area (Å²) in [6.07, 6.45) is 2.93. The summed E-state index contributed by atoms with van der Waals surface area (Å²) in [4.78, 5) is 22.7. The maximum absolute atomic E-state index is 12.3. The van der Waals surface area contributed by atoms with Crippen molar-refractivity contribution in [1.82, 2.24) is 15.1 Å². The smallest absolute Gasteiger partial charge is 0.279 e. The lowest BCUT2D eigenvalue weighted by molar-refractivity contribution is 0.101. The highest BCUT2D eigenvalue weighted by atomic mass is 16.5. The molecule has 1 amide bonds. The van der Waals surface area contributed by atoms with E-state index >= 15 is 0 Å². The minimum absolute atomic E-state index is 0.137. The predicted molar refractivity (Wildman–Crippen MR) is 87.2 cm³/mol. The zero-order chi connectivity index (χ0) is 17.1. The quantitative estimate of drug-likeness (QED) is 0.766. The molecule has 3 aromatic heterocycles. The zero-order valence-corrected chi connectivity index (χ0v) is 13.2. The van der Waals surface area contributed by atoms with Crippen molar-refractivity contribution in [2.45, 2.75) is 0 Å². The van der Waals surface area contributed by atoms with Gasteiger partial charge in [-0.3, -0.25) is 4.79 Å². The van der Waals surface area contributed by atoms with Gasteiger partial charge in [-0.2, -0.15) is 0 Å². The van der Waals surface area contributed by atoms with Crippen LogP contribution in [0.1, 0.15) is 10.5 Å². The summed E-state index contributed by atoms with van der Waals surface area (Å²) < 4.78 is 15.7. The fourth-order valence-electron chi connectivity index (χ4n) is 2.48. The van der Waals surface area contributed by atoms with Gasteiger partial charge in [0.25, 0.3) is 5.91 Å². The van der Waals surface area contributed by atoms with E-state index in [1.165, 1.54) is 18.7 Å². The van der Waals surface area contributed by atoms with Crippen molar-refractivity contribution in [2.24, 2.45) is 0 Å². The van der Waals surface area contributed by atoms with E-state index in [1.807, 2.05) is 0 Å². The SMILES string of the molecule is O=C(Nc1cc(N2CCOCC2)ncn1)c1cc(-c2ccco2)on1. The first-order chi connectivity index (χ1) is 12.3. The average molecular weight is 341 g/mol. The first kappa shape index (κ1) is 15.3. The molecule has 9 nitrogen and oxygen atoms in total. The second kappa shape index (κ2) is 6.73. The molecule has 0 aromatic carbocycles. The van der Waals surface area contributed by atoms with Crippen LogP contribution in [-0.4, -0.2) is 47.3 Å². The van der Waals surface area contributed by atoms with Crippen molar-refractivity contribution in [2.75, 3.05) is 36.5 Å². The van der Waals surface area contributed by atoms with Crippen LogP contribution in [0.2, 0.25) is 0 Å². The highest BCUT2D eigenvalue weighted by molar-refractivity contribution is 6.02. The molecule has 1 aliphatic rings. The summed E-state index contributed by atoms with van der Waals surface area (Å²) >= 11 is 0. The Bertz CT molecular complexity index is 855. The minimum Gasteiger partial charge on any atom is -0.461 e. The van der Waals surface area contributed by atoms with E-state index in [-0.39, 0.29) is 5.69 Å². The Morgan fingerprint density at radius 2 is 2.04 bits per heavy atom. The highest BCUT2D eigenvalue weighted by Crippen LogP contribution is 2.21. The summed E-state index contributed by atoms with van der Waals surface area (Å²) in [5, 5.41) is 6.46. The molecule has 0 atom stereocenters. The summed E-state index contributed by atoms with van der Waals surface area (Å²) in [7, 11) is 0. The molecular weight excluding hydrogens is 326 g/mol. The molecule has 0 spiro atoms. The van der Waals surface area contributed by atoms with Crippen molar-refractivity contribution < 1.29 is 18.5 Å². The topological polar surface area (TPSA) is 107 Å². The van der Waals surface area contributed by atoms with Gasteiger partial charge >= 0.3 is 0 Å². The Morgan fingerprint density at radius 1 is 1.16 bits per heavy atom. The number of morpholine rings is 1. The summed E-state index contributed by atoms with van der Waals surface area (Å²) in [5.41, 5.74) is 0.137. The second-order valence-electron chi connectivity index (χ2n) is 5.37. The average Bonchev–Trinajstić information content (AvgIpc) is 3.34. The van der Waals surface area contributed by atoms with Gasteiger partial charge in [-0.05, 0) is 12.1 Å². The summed E-state index contributed by atoms with van der Waals surface area (Å²) in [6.45, 7) is 2.81. The van der Waals surface area contributed by atoms with Crippen LogP contribution >= 0.6 is 0 Å². The molecule has 128 valence electrons. The van der Waals surface area contributed by atoms with Crippen LogP contribution in [0.4, 0.5) is 11.6 Å². The Morgan fingerprint density at radius 3 is 2.84 bits per heavy atom. The van der Waals surface area contributed by atoms with Crippen molar-refractivity contribution in [3.8, 4) is 11.5 Å². The van der Waals surface area contributed by atoms with E-state index in [1.54, 1.807) is 18.2 Å². The number of nitrogens with zero attached hydrogens (tertiary/aromatic N) is 4. The largest absolute Gasteiger partial charge is 0.461 e. The molecule has 3 aromatic rings. The minimum atomic E-state index is -0.423. The molecule has 1 aliphatic heterocycles. The van der Waals surface area contributed by atoms with E-state index < -0.39 is 5.91 Å². The van der Waals surface area contributed by atoms with Crippen LogP contribution in [0.3, 0.4) is 0 Å². The Hall–Kier alpha value is -3.20. The normalized spacial score (nSPS) is 14.5. The Labute approximate surface area is 142 Å². The van der Waals surface area contributed by atoms with Gasteiger partial charge in [0, 0.05) is 25.2 Å². The van der Waals surface area contributed by atoms with Crippen molar-refractivity contribution >= 4 is 17.5 Å². The Kier molecular flexibility index (Phi) is 4.13. The molecule has 0 aliphatic carbocycles. The van der Waals surface area contributed by atoms with Crippen LogP contribution < -0.4 is 10.2 Å². The fraction of sp³-hybridized carbons (Fsp3) is 0.250. The van der Waals surface area contributed by atoms with E-state index in [0.29, 0.717) is 30.6 Å². The maximum Gasteiger partial charge on any atom is 0.279 e. The molecule has 25 heavy (non-hydrogen) atoms. The summed E-state index contributed by atoms with van der Waals surface area (Å²) in [6, 6.07) is 6.68. The fourth-order valence-corrected chi connectivity index (χ4v) is 2.48. The lowest BCUT2D eigenvalue weighted by atomic mass is 10.3.